The third-order valence-corrected chi connectivity index (χ3v) is 2.89. The second-order valence-corrected chi connectivity index (χ2v) is 4.71. The van der Waals surface area contributed by atoms with Crippen LogP contribution in [0.5, 0.6) is 0 Å². The van der Waals surface area contributed by atoms with Crippen LogP contribution >= 0.6 is 28.3 Å². The van der Waals surface area contributed by atoms with Gasteiger partial charge in [-0.2, -0.15) is 0 Å². The van der Waals surface area contributed by atoms with Crippen molar-refractivity contribution in [2.75, 3.05) is 5.32 Å². The van der Waals surface area contributed by atoms with E-state index in [0.29, 0.717) is 11.0 Å². The molecule has 2 aromatic carbocycles. The summed E-state index contributed by atoms with van der Waals surface area (Å²) in [4.78, 5) is 10.3. The molecule has 2 aromatic rings. The summed E-state index contributed by atoms with van der Waals surface area (Å²) in [5.74, 6) is 0. The first-order chi connectivity index (χ1) is 8.65. The normalized spacial score (nSPS) is 9.53. The van der Waals surface area contributed by atoms with Crippen molar-refractivity contribution < 1.29 is 4.92 Å². The fraction of sp³-hybridized carbons (Fsp3) is 0.0769. The van der Waals surface area contributed by atoms with Crippen LogP contribution in [-0.4, -0.2) is 4.92 Å². The first kappa shape index (κ1) is 15.5. The lowest BCUT2D eigenvalue weighted by molar-refractivity contribution is -0.384. The predicted octanol–water partition coefficient (Wildman–Crippen LogP) is 4.39. The summed E-state index contributed by atoms with van der Waals surface area (Å²) in [5, 5.41) is 13.9. The van der Waals surface area contributed by atoms with Crippen LogP contribution in [0, 0.1) is 10.1 Å². The van der Waals surface area contributed by atoms with Crippen LogP contribution in [0.25, 0.3) is 0 Å². The molecule has 0 saturated heterocycles. The van der Waals surface area contributed by atoms with Crippen LogP contribution in [0.4, 0.5) is 11.4 Å². The molecule has 0 heterocycles. The number of anilines is 1. The van der Waals surface area contributed by atoms with E-state index < -0.39 is 4.92 Å². The van der Waals surface area contributed by atoms with Crippen LogP contribution in [0.1, 0.15) is 5.56 Å². The Morgan fingerprint density at radius 2 is 1.84 bits per heavy atom. The molecule has 1 N–H and O–H groups in total. The van der Waals surface area contributed by atoms with Crippen molar-refractivity contribution in [2.45, 2.75) is 6.54 Å². The van der Waals surface area contributed by atoms with Gasteiger partial charge >= 0.3 is 0 Å². The average molecular weight is 344 g/mol. The minimum Gasteiger partial charge on any atom is -0.381 e. The first-order valence-corrected chi connectivity index (χ1v) is 6.17. The molecule has 0 bridgehead atoms. The molecular weight excluding hydrogens is 332 g/mol. The van der Waals surface area contributed by atoms with E-state index in [9.17, 15) is 10.1 Å². The fourth-order valence-corrected chi connectivity index (χ4v) is 2.06. The van der Waals surface area contributed by atoms with E-state index in [0.717, 1.165) is 11.3 Å². The van der Waals surface area contributed by atoms with Crippen molar-refractivity contribution in [1.82, 2.24) is 0 Å². The van der Waals surface area contributed by atoms with Crippen molar-refractivity contribution in [3.05, 3.63) is 68.7 Å². The summed E-state index contributed by atoms with van der Waals surface area (Å²) in [6.07, 6.45) is 0. The van der Waals surface area contributed by atoms with E-state index in [4.69, 9.17) is 0 Å². The lowest BCUT2D eigenvalue weighted by atomic mass is 10.2. The quantitative estimate of drug-likeness (QED) is 0.661. The minimum atomic E-state index is -0.404. The van der Waals surface area contributed by atoms with Gasteiger partial charge in [-0.3, -0.25) is 10.1 Å². The number of nitro groups is 1. The van der Waals surface area contributed by atoms with Gasteiger partial charge in [0, 0.05) is 28.8 Å². The minimum absolute atomic E-state index is 0. The number of hydrogen-bond acceptors (Lipinski definition) is 3. The summed E-state index contributed by atoms with van der Waals surface area (Å²) in [6, 6.07) is 14.7. The van der Waals surface area contributed by atoms with E-state index in [1.54, 1.807) is 0 Å². The highest BCUT2D eigenvalue weighted by molar-refractivity contribution is 9.10. The summed E-state index contributed by atoms with van der Waals surface area (Å²) < 4.78 is 0.687. The average Bonchev–Trinajstić information content (AvgIpc) is 2.37. The van der Waals surface area contributed by atoms with E-state index in [2.05, 4.69) is 21.2 Å². The van der Waals surface area contributed by atoms with Gasteiger partial charge in [-0.1, -0.05) is 46.3 Å². The van der Waals surface area contributed by atoms with Gasteiger partial charge in [-0.05, 0) is 11.6 Å². The molecule has 0 saturated carbocycles. The number of non-ortho nitro benzene ring substituents is 1. The molecule has 0 spiro atoms. The van der Waals surface area contributed by atoms with Gasteiger partial charge in [0.25, 0.3) is 5.69 Å². The Morgan fingerprint density at radius 3 is 2.47 bits per heavy atom. The van der Waals surface area contributed by atoms with Crippen LogP contribution in [0.2, 0.25) is 0 Å². The number of rotatable bonds is 4. The molecule has 0 radical (unpaired) electrons. The lowest BCUT2D eigenvalue weighted by Gasteiger charge is -2.07. The molecule has 0 aliphatic heterocycles. The van der Waals surface area contributed by atoms with Crippen molar-refractivity contribution in [1.29, 1.82) is 0 Å². The van der Waals surface area contributed by atoms with Crippen LogP contribution in [0.15, 0.2) is 53.0 Å². The molecular formula is C13H12BrClN2O2. The number of nitrogens with one attached hydrogen (secondary N) is 1. The topological polar surface area (TPSA) is 55.2 Å². The molecule has 0 aromatic heterocycles. The number of nitrogens with zero attached hydrogens (tertiary/aromatic N) is 1. The number of benzene rings is 2. The summed E-state index contributed by atoms with van der Waals surface area (Å²) >= 11 is 3.26. The maximum Gasteiger partial charge on any atom is 0.272 e. The Balaban J connectivity index is 0.00000180. The highest BCUT2D eigenvalue weighted by Gasteiger charge is 2.08. The zero-order valence-corrected chi connectivity index (χ0v) is 12.3. The Kier molecular flexibility index (Phi) is 5.79. The molecule has 19 heavy (non-hydrogen) atoms. The highest BCUT2D eigenvalue weighted by atomic mass is 79.9. The summed E-state index contributed by atoms with van der Waals surface area (Å²) in [6.45, 7) is 0.633. The summed E-state index contributed by atoms with van der Waals surface area (Å²) in [7, 11) is 0. The predicted molar refractivity (Wildman–Crippen MR) is 81.8 cm³/mol. The van der Waals surface area contributed by atoms with Crippen molar-refractivity contribution in [2.24, 2.45) is 0 Å². The smallest absolute Gasteiger partial charge is 0.272 e. The third-order valence-electron chi connectivity index (χ3n) is 2.43. The zero-order chi connectivity index (χ0) is 13.0. The molecule has 0 unspecified atom stereocenters. The van der Waals surface area contributed by atoms with Gasteiger partial charge in [0.1, 0.15) is 0 Å². The van der Waals surface area contributed by atoms with Gasteiger partial charge in [0.15, 0.2) is 0 Å². The van der Waals surface area contributed by atoms with Crippen molar-refractivity contribution >= 4 is 39.7 Å². The number of nitro benzene ring substituents is 1. The number of hydrogen-bond donors (Lipinski definition) is 1. The Labute approximate surface area is 125 Å². The second kappa shape index (κ2) is 7.11. The monoisotopic (exact) mass is 342 g/mol. The highest BCUT2D eigenvalue weighted by Crippen LogP contribution is 2.24. The molecule has 4 nitrogen and oxygen atoms in total. The van der Waals surface area contributed by atoms with Crippen molar-refractivity contribution in [3.8, 4) is 0 Å². The van der Waals surface area contributed by atoms with E-state index >= 15 is 0 Å². The molecule has 6 heteroatoms. The van der Waals surface area contributed by atoms with Gasteiger partial charge in [0.05, 0.1) is 4.92 Å². The van der Waals surface area contributed by atoms with E-state index in [1.165, 1.54) is 12.1 Å². The molecule has 0 atom stereocenters. The van der Waals surface area contributed by atoms with E-state index in [1.807, 2.05) is 36.4 Å². The number of halogens is 2. The van der Waals surface area contributed by atoms with Crippen LogP contribution in [0.3, 0.4) is 0 Å². The molecule has 2 rings (SSSR count). The molecule has 0 fully saturated rings. The van der Waals surface area contributed by atoms with Crippen molar-refractivity contribution in [3.63, 3.8) is 0 Å². The maximum atomic E-state index is 10.7. The molecule has 0 amide bonds. The first-order valence-electron chi connectivity index (χ1n) is 5.38. The summed E-state index contributed by atoms with van der Waals surface area (Å²) in [5.41, 5.74) is 1.92. The maximum absolute atomic E-state index is 10.7. The lowest BCUT2D eigenvalue weighted by Crippen LogP contribution is -2.00. The van der Waals surface area contributed by atoms with Crippen LogP contribution in [-0.2, 0) is 6.54 Å². The molecule has 0 aliphatic carbocycles. The van der Waals surface area contributed by atoms with Gasteiger partial charge in [-0.25, -0.2) is 0 Å². The van der Waals surface area contributed by atoms with Gasteiger partial charge < -0.3 is 5.32 Å². The standard InChI is InChI=1S/C13H11BrN2O2.ClH/c14-11-6-12(8-13(7-11)16(17)18)15-9-10-4-2-1-3-5-10;/h1-8,15H,9H2;1H. The molecule has 0 aliphatic rings. The fourth-order valence-electron chi connectivity index (χ4n) is 1.58. The second-order valence-electron chi connectivity index (χ2n) is 3.79. The van der Waals surface area contributed by atoms with Gasteiger partial charge in [0.2, 0.25) is 0 Å². The Bertz CT molecular complexity index is 564. The zero-order valence-electron chi connectivity index (χ0n) is 9.88. The molecule has 100 valence electrons. The Morgan fingerprint density at radius 1 is 1.16 bits per heavy atom. The largest absolute Gasteiger partial charge is 0.381 e. The Hall–Kier alpha value is -1.59. The third kappa shape index (κ3) is 4.54. The van der Waals surface area contributed by atoms with E-state index in [-0.39, 0.29) is 18.1 Å². The van der Waals surface area contributed by atoms with Gasteiger partial charge in [-0.15, -0.1) is 12.4 Å². The van der Waals surface area contributed by atoms with Crippen LogP contribution < -0.4 is 5.32 Å². The SMILES string of the molecule is Cl.O=[N+]([O-])c1cc(Br)cc(NCc2ccccc2)c1.